The highest BCUT2D eigenvalue weighted by Crippen LogP contribution is 2.33. The third-order valence-corrected chi connectivity index (χ3v) is 6.90. The lowest BCUT2D eigenvalue weighted by Crippen LogP contribution is -2.30. The van der Waals surface area contributed by atoms with Crippen molar-refractivity contribution >= 4 is 56.5 Å². The van der Waals surface area contributed by atoms with Gasteiger partial charge in [-0.25, -0.2) is 4.98 Å². The van der Waals surface area contributed by atoms with Crippen molar-refractivity contribution in [1.82, 2.24) is 4.98 Å². The second-order valence-corrected chi connectivity index (χ2v) is 9.77. The molecule has 2 amide bonds. The summed E-state index contributed by atoms with van der Waals surface area (Å²) in [5, 5.41) is 2.94. The molecule has 29 heavy (non-hydrogen) atoms. The predicted molar refractivity (Wildman–Crippen MR) is 121 cm³/mol. The number of hydrogen-bond donors (Lipinski definition) is 1. The van der Waals surface area contributed by atoms with Crippen LogP contribution in [0.15, 0.2) is 46.8 Å². The number of carbonyl (C=O) groups is 2. The number of amides is 2. The van der Waals surface area contributed by atoms with Crippen LogP contribution in [0.3, 0.4) is 0 Å². The molecule has 0 saturated heterocycles. The summed E-state index contributed by atoms with van der Waals surface area (Å²) in [5.74, 6) is 0.827. The molecule has 0 saturated carbocycles. The number of nitrogens with zero attached hydrogens (tertiary/aromatic N) is 2. The Morgan fingerprint density at radius 1 is 1.24 bits per heavy atom. The number of hydrogen-bond acceptors (Lipinski definition) is 5. The summed E-state index contributed by atoms with van der Waals surface area (Å²) in [4.78, 5) is 31.2. The van der Waals surface area contributed by atoms with Crippen LogP contribution in [0.1, 0.15) is 25.8 Å². The molecule has 0 bridgehead atoms. The summed E-state index contributed by atoms with van der Waals surface area (Å²) < 4.78 is 1.88. The summed E-state index contributed by atoms with van der Waals surface area (Å²) in [6.45, 7) is 4.80. The average Bonchev–Trinajstić information content (AvgIpc) is 3.29. The Hall–Kier alpha value is -2.38. The van der Waals surface area contributed by atoms with E-state index in [2.05, 4.69) is 16.4 Å². The zero-order valence-corrected chi connectivity index (χ0v) is 18.1. The Labute approximate surface area is 178 Å². The van der Waals surface area contributed by atoms with Crippen LogP contribution in [0.2, 0.25) is 0 Å². The topological polar surface area (TPSA) is 62.3 Å². The second-order valence-electron chi connectivity index (χ2n) is 7.52. The van der Waals surface area contributed by atoms with Crippen molar-refractivity contribution < 1.29 is 9.59 Å². The van der Waals surface area contributed by atoms with Crippen LogP contribution in [0.4, 0.5) is 11.4 Å². The van der Waals surface area contributed by atoms with Gasteiger partial charge in [-0.05, 0) is 42.2 Å². The molecule has 0 radical (unpaired) electrons. The standard InChI is InChI=1S/C22H23N3O2S2/c1-14(2)11-20(26)23-16-7-8-17-19(12-16)29-22(24-17)28-13-21(27)25-10-9-15-5-3-4-6-18(15)25/h3-8,12,14H,9-11,13H2,1-2H3,(H,23,26). The molecule has 7 heteroatoms. The van der Waals surface area contributed by atoms with E-state index >= 15 is 0 Å². The Morgan fingerprint density at radius 2 is 2.07 bits per heavy atom. The van der Waals surface area contributed by atoms with Gasteiger partial charge in [0.2, 0.25) is 11.8 Å². The molecule has 0 unspecified atom stereocenters. The molecule has 3 aromatic rings. The first-order valence-corrected chi connectivity index (χ1v) is 11.5. The Kier molecular flexibility index (Phi) is 5.87. The molecule has 0 aliphatic carbocycles. The Bertz CT molecular complexity index is 1060. The number of para-hydroxylation sites is 1. The van der Waals surface area contributed by atoms with Gasteiger partial charge < -0.3 is 10.2 Å². The van der Waals surface area contributed by atoms with Gasteiger partial charge in [0, 0.05) is 24.3 Å². The van der Waals surface area contributed by atoms with Gasteiger partial charge in [0.1, 0.15) is 0 Å². The summed E-state index contributed by atoms with van der Waals surface area (Å²) in [6, 6.07) is 13.8. The van der Waals surface area contributed by atoms with Gasteiger partial charge in [-0.1, -0.05) is 43.8 Å². The number of benzene rings is 2. The molecule has 1 aliphatic heterocycles. The molecule has 0 spiro atoms. The number of thiazole rings is 1. The fourth-order valence-corrected chi connectivity index (χ4v) is 5.41. The predicted octanol–water partition coefficient (Wildman–Crippen LogP) is 4.96. The van der Waals surface area contributed by atoms with Crippen molar-refractivity contribution in [1.29, 1.82) is 0 Å². The second kappa shape index (κ2) is 8.55. The molecule has 1 aliphatic rings. The van der Waals surface area contributed by atoms with Crippen LogP contribution in [0, 0.1) is 5.92 Å². The summed E-state index contributed by atoms with van der Waals surface area (Å²) in [7, 11) is 0. The number of fused-ring (bicyclic) bond motifs is 2. The summed E-state index contributed by atoms with van der Waals surface area (Å²) >= 11 is 3.03. The molecule has 5 nitrogen and oxygen atoms in total. The van der Waals surface area contributed by atoms with Crippen LogP contribution < -0.4 is 10.2 Å². The third kappa shape index (κ3) is 4.62. The monoisotopic (exact) mass is 425 g/mol. The molecule has 0 atom stereocenters. The number of anilines is 2. The minimum atomic E-state index is 0.0231. The number of thioether (sulfide) groups is 1. The minimum Gasteiger partial charge on any atom is -0.326 e. The third-order valence-electron chi connectivity index (χ3n) is 4.75. The first-order valence-electron chi connectivity index (χ1n) is 9.71. The van der Waals surface area contributed by atoms with Crippen LogP contribution in [0.25, 0.3) is 10.2 Å². The molecule has 1 N–H and O–H groups in total. The maximum absolute atomic E-state index is 12.7. The average molecular weight is 426 g/mol. The lowest BCUT2D eigenvalue weighted by molar-refractivity contribution is -0.117. The Morgan fingerprint density at radius 3 is 2.90 bits per heavy atom. The fraction of sp³-hybridized carbons (Fsp3) is 0.318. The highest BCUT2D eigenvalue weighted by molar-refractivity contribution is 8.01. The van der Waals surface area contributed by atoms with Crippen LogP contribution in [0.5, 0.6) is 0 Å². The van der Waals surface area contributed by atoms with Gasteiger partial charge in [-0.2, -0.15) is 0 Å². The largest absolute Gasteiger partial charge is 0.326 e. The quantitative estimate of drug-likeness (QED) is 0.567. The molecular weight excluding hydrogens is 402 g/mol. The van der Waals surface area contributed by atoms with Crippen LogP contribution in [-0.2, 0) is 16.0 Å². The zero-order chi connectivity index (χ0) is 20.4. The number of carbonyl (C=O) groups excluding carboxylic acids is 2. The molecular formula is C22H23N3O2S2. The molecule has 0 fully saturated rings. The minimum absolute atomic E-state index is 0.0231. The maximum atomic E-state index is 12.7. The molecule has 2 aromatic carbocycles. The maximum Gasteiger partial charge on any atom is 0.237 e. The highest BCUT2D eigenvalue weighted by Gasteiger charge is 2.24. The highest BCUT2D eigenvalue weighted by atomic mass is 32.2. The van der Waals surface area contributed by atoms with E-state index in [0.717, 1.165) is 38.9 Å². The van der Waals surface area contributed by atoms with E-state index in [1.165, 1.54) is 17.3 Å². The van der Waals surface area contributed by atoms with Gasteiger partial charge in [-0.3, -0.25) is 9.59 Å². The summed E-state index contributed by atoms with van der Waals surface area (Å²) in [6.07, 6.45) is 1.42. The SMILES string of the molecule is CC(C)CC(=O)Nc1ccc2nc(SCC(=O)N3CCc4ccccc43)sc2c1. The zero-order valence-electron chi connectivity index (χ0n) is 16.5. The van der Waals surface area contributed by atoms with Crippen molar-refractivity contribution in [2.45, 2.75) is 31.0 Å². The smallest absolute Gasteiger partial charge is 0.237 e. The van der Waals surface area contributed by atoms with Crippen molar-refractivity contribution in [2.24, 2.45) is 5.92 Å². The Balaban J connectivity index is 1.40. The van der Waals surface area contributed by atoms with E-state index < -0.39 is 0 Å². The number of rotatable bonds is 6. The lowest BCUT2D eigenvalue weighted by Gasteiger charge is -2.16. The molecule has 1 aromatic heterocycles. The van der Waals surface area contributed by atoms with Crippen molar-refractivity contribution in [3.8, 4) is 0 Å². The van der Waals surface area contributed by atoms with E-state index in [1.807, 2.05) is 55.1 Å². The number of aromatic nitrogens is 1. The van der Waals surface area contributed by atoms with Gasteiger partial charge in [-0.15, -0.1) is 11.3 Å². The van der Waals surface area contributed by atoms with Gasteiger partial charge in [0.05, 0.1) is 16.0 Å². The van der Waals surface area contributed by atoms with E-state index in [1.54, 1.807) is 11.3 Å². The van der Waals surface area contributed by atoms with Crippen LogP contribution >= 0.6 is 23.1 Å². The normalized spacial score (nSPS) is 13.1. The first-order chi connectivity index (χ1) is 14.0. The number of nitrogens with one attached hydrogen (secondary N) is 1. The fourth-order valence-electron chi connectivity index (χ4n) is 3.42. The van der Waals surface area contributed by atoms with Crippen LogP contribution in [-0.4, -0.2) is 29.1 Å². The lowest BCUT2D eigenvalue weighted by atomic mass is 10.1. The van der Waals surface area contributed by atoms with E-state index in [0.29, 0.717) is 18.1 Å². The van der Waals surface area contributed by atoms with Crippen molar-refractivity contribution in [3.63, 3.8) is 0 Å². The van der Waals surface area contributed by atoms with Crippen molar-refractivity contribution in [3.05, 3.63) is 48.0 Å². The molecule has 150 valence electrons. The van der Waals surface area contributed by atoms with Gasteiger partial charge in [0.25, 0.3) is 0 Å². The summed E-state index contributed by atoms with van der Waals surface area (Å²) in [5.41, 5.74) is 3.94. The molecule has 4 rings (SSSR count). The molecule has 2 heterocycles. The van der Waals surface area contributed by atoms with E-state index in [9.17, 15) is 9.59 Å². The van der Waals surface area contributed by atoms with Crippen molar-refractivity contribution in [2.75, 3.05) is 22.5 Å². The van der Waals surface area contributed by atoms with Gasteiger partial charge in [0.15, 0.2) is 4.34 Å². The van der Waals surface area contributed by atoms with E-state index in [-0.39, 0.29) is 11.8 Å². The van der Waals surface area contributed by atoms with Gasteiger partial charge >= 0.3 is 0 Å². The first kappa shape index (κ1) is 19.9. The van der Waals surface area contributed by atoms with E-state index in [4.69, 9.17) is 0 Å².